The number of nitrogens with zero attached hydrogens (tertiary/aromatic N) is 2. The summed E-state index contributed by atoms with van der Waals surface area (Å²) >= 11 is 0. The fourth-order valence-electron chi connectivity index (χ4n) is 1.66. The molecule has 2 rings (SSSR count). The van der Waals surface area contributed by atoms with Gasteiger partial charge >= 0.3 is 6.18 Å². The van der Waals surface area contributed by atoms with Gasteiger partial charge < -0.3 is 4.74 Å². The maximum atomic E-state index is 12.4. The zero-order valence-electron chi connectivity index (χ0n) is 12.3. The second-order valence-electron chi connectivity index (χ2n) is 4.69. The molecule has 6 nitrogen and oxygen atoms in total. The molecule has 0 spiro atoms. The van der Waals surface area contributed by atoms with Gasteiger partial charge in [0, 0.05) is 5.56 Å². The number of nitrogens with one attached hydrogen (secondary N) is 2. The van der Waals surface area contributed by atoms with Gasteiger partial charge in [0.15, 0.2) is 0 Å². The third kappa shape index (κ3) is 4.70. The number of benzene rings is 1. The largest absolute Gasteiger partial charge is 0.494 e. The Labute approximate surface area is 130 Å². The Bertz CT molecular complexity index is 653. The Hall–Kier alpha value is -2.58. The third-order valence-electron chi connectivity index (χ3n) is 2.86. The van der Waals surface area contributed by atoms with Gasteiger partial charge in [0.05, 0.1) is 6.61 Å². The number of carbonyl (C=O) groups excluding carboxylic acids is 1. The number of anilines is 1. The molecule has 124 valence electrons. The number of carbonyl (C=O) groups is 1. The standard InChI is InChI=1S/C14H15F3N4O2/c1-2-3-8-23-10-6-4-9(5-7-10)11(22)18-13-19-12(20-21-13)14(15,16)17/h4-7H,2-3,8H2,1H3,(H2,18,19,20,21,22). The van der Waals surface area contributed by atoms with E-state index in [1.165, 1.54) is 12.1 Å². The summed E-state index contributed by atoms with van der Waals surface area (Å²) in [6, 6.07) is 6.25. The smallest absolute Gasteiger partial charge is 0.451 e. The number of unbranched alkanes of at least 4 members (excludes halogenated alkanes) is 1. The number of hydrogen-bond donors (Lipinski definition) is 2. The number of aromatic nitrogens is 3. The van der Waals surface area contributed by atoms with E-state index in [1.807, 2.05) is 6.92 Å². The Kier molecular flexibility index (Phi) is 5.20. The van der Waals surface area contributed by atoms with E-state index in [-0.39, 0.29) is 5.56 Å². The normalized spacial score (nSPS) is 11.3. The fourth-order valence-corrected chi connectivity index (χ4v) is 1.66. The Balaban J connectivity index is 1.96. The number of halogens is 3. The Morgan fingerprint density at radius 1 is 1.30 bits per heavy atom. The second kappa shape index (κ2) is 7.12. The summed E-state index contributed by atoms with van der Waals surface area (Å²) in [4.78, 5) is 15.1. The third-order valence-corrected chi connectivity index (χ3v) is 2.86. The molecule has 1 aromatic carbocycles. The number of rotatable bonds is 6. The molecule has 0 aliphatic carbocycles. The lowest BCUT2D eigenvalue weighted by Gasteiger charge is -2.06. The molecular formula is C14H15F3N4O2. The lowest BCUT2D eigenvalue weighted by molar-refractivity contribution is -0.144. The number of aromatic amines is 1. The quantitative estimate of drug-likeness (QED) is 0.798. The predicted octanol–water partition coefficient (Wildman–Crippen LogP) is 3.25. The summed E-state index contributed by atoms with van der Waals surface area (Å²) in [5.74, 6) is -1.71. The van der Waals surface area contributed by atoms with E-state index >= 15 is 0 Å². The molecule has 1 amide bonds. The van der Waals surface area contributed by atoms with Gasteiger partial charge in [0.25, 0.3) is 5.91 Å². The number of alkyl halides is 3. The molecule has 23 heavy (non-hydrogen) atoms. The van der Waals surface area contributed by atoms with Crippen LogP contribution in [0.3, 0.4) is 0 Å². The molecule has 9 heteroatoms. The molecule has 1 heterocycles. The lowest BCUT2D eigenvalue weighted by Crippen LogP contribution is -2.13. The molecule has 2 aromatic rings. The van der Waals surface area contributed by atoms with Crippen molar-refractivity contribution >= 4 is 11.9 Å². The van der Waals surface area contributed by atoms with Crippen molar-refractivity contribution in [3.63, 3.8) is 0 Å². The minimum Gasteiger partial charge on any atom is -0.494 e. The molecule has 0 aliphatic rings. The monoisotopic (exact) mass is 328 g/mol. The van der Waals surface area contributed by atoms with Gasteiger partial charge in [0.1, 0.15) is 5.75 Å². The highest BCUT2D eigenvalue weighted by Gasteiger charge is 2.35. The van der Waals surface area contributed by atoms with Crippen LogP contribution < -0.4 is 10.1 Å². The van der Waals surface area contributed by atoms with Crippen molar-refractivity contribution in [3.8, 4) is 5.75 Å². The van der Waals surface area contributed by atoms with E-state index in [0.717, 1.165) is 12.8 Å². The van der Waals surface area contributed by atoms with Crippen molar-refractivity contribution in [3.05, 3.63) is 35.7 Å². The van der Waals surface area contributed by atoms with Gasteiger partial charge in [-0.3, -0.25) is 15.2 Å². The van der Waals surface area contributed by atoms with Crippen LogP contribution in [0.25, 0.3) is 0 Å². The predicted molar refractivity (Wildman–Crippen MR) is 76.2 cm³/mol. The molecular weight excluding hydrogens is 313 g/mol. The van der Waals surface area contributed by atoms with Gasteiger partial charge in [-0.25, -0.2) is 0 Å². The van der Waals surface area contributed by atoms with E-state index in [4.69, 9.17) is 4.74 Å². The van der Waals surface area contributed by atoms with Crippen molar-refractivity contribution in [1.82, 2.24) is 15.2 Å². The van der Waals surface area contributed by atoms with Gasteiger partial charge in [-0.1, -0.05) is 13.3 Å². The van der Waals surface area contributed by atoms with Crippen LogP contribution in [0.1, 0.15) is 35.9 Å². The van der Waals surface area contributed by atoms with Gasteiger partial charge in [-0.2, -0.15) is 18.2 Å². The van der Waals surface area contributed by atoms with Crippen LogP contribution in [0, 0.1) is 0 Å². The Morgan fingerprint density at radius 3 is 2.57 bits per heavy atom. The van der Waals surface area contributed by atoms with E-state index in [0.29, 0.717) is 12.4 Å². The van der Waals surface area contributed by atoms with Gasteiger partial charge in [0.2, 0.25) is 11.8 Å². The number of H-pyrrole nitrogens is 1. The topological polar surface area (TPSA) is 79.9 Å². The molecule has 0 radical (unpaired) electrons. The highest BCUT2D eigenvalue weighted by molar-refractivity contribution is 6.03. The van der Waals surface area contributed by atoms with Gasteiger partial charge in [-0.15, -0.1) is 5.10 Å². The SMILES string of the molecule is CCCCOc1ccc(C(=O)Nc2n[nH]c(C(F)(F)F)n2)cc1. The van der Waals surface area contributed by atoms with E-state index in [2.05, 4.69) is 15.4 Å². The first-order valence-electron chi connectivity index (χ1n) is 6.94. The summed E-state index contributed by atoms with van der Waals surface area (Å²) < 4.78 is 42.6. The number of amides is 1. The van der Waals surface area contributed by atoms with Crippen molar-refractivity contribution in [2.45, 2.75) is 25.9 Å². The number of hydrogen-bond acceptors (Lipinski definition) is 4. The number of ether oxygens (including phenoxy) is 1. The van der Waals surface area contributed by atoms with Crippen LogP contribution in [0.5, 0.6) is 5.75 Å². The fraction of sp³-hybridized carbons (Fsp3) is 0.357. The molecule has 0 fully saturated rings. The van der Waals surface area contributed by atoms with E-state index in [9.17, 15) is 18.0 Å². The van der Waals surface area contributed by atoms with Crippen LogP contribution in [-0.2, 0) is 6.18 Å². The van der Waals surface area contributed by atoms with Crippen molar-refractivity contribution in [2.24, 2.45) is 0 Å². The minimum absolute atomic E-state index is 0.256. The van der Waals surface area contributed by atoms with Crippen molar-refractivity contribution < 1.29 is 22.7 Å². The molecule has 0 unspecified atom stereocenters. The maximum absolute atomic E-state index is 12.4. The van der Waals surface area contributed by atoms with Crippen molar-refractivity contribution in [2.75, 3.05) is 11.9 Å². The zero-order chi connectivity index (χ0) is 16.9. The summed E-state index contributed by atoms with van der Waals surface area (Å²) in [6.07, 6.45) is -2.71. The van der Waals surface area contributed by atoms with Crippen LogP contribution in [0.15, 0.2) is 24.3 Å². The molecule has 0 saturated heterocycles. The minimum atomic E-state index is -4.65. The molecule has 0 atom stereocenters. The summed E-state index contributed by atoms with van der Waals surface area (Å²) in [5, 5.41) is 7.21. The first-order chi connectivity index (χ1) is 10.9. The lowest BCUT2D eigenvalue weighted by atomic mass is 10.2. The van der Waals surface area contributed by atoms with Crippen LogP contribution >= 0.6 is 0 Å². The molecule has 0 aliphatic heterocycles. The summed E-state index contributed by atoms with van der Waals surface area (Å²) in [5.41, 5.74) is 0.256. The van der Waals surface area contributed by atoms with Gasteiger partial charge in [-0.05, 0) is 30.7 Å². The van der Waals surface area contributed by atoms with Crippen molar-refractivity contribution in [1.29, 1.82) is 0 Å². The Morgan fingerprint density at radius 2 is 2.00 bits per heavy atom. The second-order valence-corrected chi connectivity index (χ2v) is 4.69. The first-order valence-corrected chi connectivity index (χ1v) is 6.94. The molecule has 0 bridgehead atoms. The average Bonchev–Trinajstić information content (AvgIpc) is 2.97. The molecule has 2 N–H and O–H groups in total. The summed E-state index contributed by atoms with van der Waals surface area (Å²) in [6.45, 7) is 2.63. The molecule has 1 aromatic heterocycles. The zero-order valence-corrected chi connectivity index (χ0v) is 12.3. The first kappa shape index (κ1) is 16.8. The van der Waals surface area contributed by atoms with Crippen LogP contribution in [0.4, 0.5) is 19.1 Å². The van der Waals surface area contributed by atoms with E-state index < -0.39 is 23.9 Å². The van der Waals surface area contributed by atoms with Crippen LogP contribution in [-0.4, -0.2) is 27.7 Å². The maximum Gasteiger partial charge on any atom is 0.451 e. The van der Waals surface area contributed by atoms with E-state index in [1.54, 1.807) is 17.2 Å². The molecule has 0 saturated carbocycles. The van der Waals surface area contributed by atoms with Crippen LogP contribution in [0.2, 0.25) is 0 Å². The highest BCUT2D eigenvalue weighted by Crippen LogP contribution is 2.26. The summed E-state index contributed by atoms with van der Waals surface area (Å²) in [7, 11) is 0. The highest BCUT2D eigenvalue weighted by atomic mass is 19.4. The average molecular weight is 328 g/mol.